The van der Waals surface area contributed by atoms with Gasteiger partial charge in [-0.1, -0.05) is 12.1 Å². The van der Waals surface area contributed by atoms with Crippen molar-refractivity contribution in [2.24, 2.45) is 5.73 Å². The van der Waals surface area contributed by atoms with Gasteiger partial charge in [-0.3, -0.25) is 0 Å². The fourth-order valence-electron chi connectivity index (χ4n) is 1.92. The van der Waals surface area contributed by atoms with Gasteiger partial charge >= 0.3 is 6.03 Å². The molecule has 0 radical (unpaired) electrons. The van der Waals surface area contributed by atoms with E-state index >= 15 is 0 Å². The maximum absolute atomic E-state index is 11.7. The van der Waals surface area contributed by atoms with E-state index < -0.39 is 0 Å². The van der Waals surface area contributed by atoms with Crippen molar-refractivity contribution < 1.29 is 9.53 Å². The highest BCUT2D eigenvalue weighted by molar-refractivity contribution is 5.89. The summed E-state index contributed by atoms with van der Waals surface area (Å²) in [4.78, 5) is 11.7. The zero-order valence-electron chi connectivity index (χ0n) is 10.3. The van der Waals surface area contributed by atoms with Gasteiger partial charge in [0.2, 0.25) is 0 Å². The molecule has 5 heteroatoms. The first-order valence-corrected chi connectivity index (χ1v) is 6.22. The number of hydrogen-bond acceptors (Lipinski definition) is 3. The standard InChI is InChI=1S/C13H19N3O2/c14-9-10-1-3-11(4-2-10)15-13(17)16-12-5-7-18-8-6-12/h1-4,12H,5-9,14H2,(H2,15,16,17). The molecule has 1 fully saturated rings. The van der Waals surface area contributed by atoms with Crippen LogP contribution in [0.4, 0.5) is 10.5 Å². The van der Waals surface area contributed by atoms with Crippen LogP contribution in [0.15, 0.2) is 24.3 Å². The number of amides is 2. The van der Waals surface area contributed by atoms with Crippen molar-refractivity contribution in [3.63, 3.8) is 0 Å². The molecule has 0 aliphatic carbocycles. The van der Waals surface area contributed by atoms with Crippen molar-refractivity contribution in [2.45, 2.75) is 25.4 Å². The van der Waals surface area contributed by atoms with Gasteiger partial charge in [0, 0.05) is 31.5 Å². The average Bonchev–Trinajstić information content (AvgIpc) is 2.40. The number of benzene rings is 1. The third-order valence-electron chi connectivity index (χ3n) is 3.00. The van der Waals surface area contributed by atoms with Crippen molar-refractivity contribution in [3.05, 3.63) is 29.8 Å². The lowest BCUT2D eigenvalue weighted by atomic mass is 10.1. The number of urea groups is 1. The fraction of sp³-hybridized carbons (Fsp3) is 0.462. The molecule has 0 aromatic heterocycles. The van der Waals surface area contributed by atoms with Gasteiger partial charge in [-0.05, 0) is 30.5 Å². The highest BCUT2D eigenvalue weighted by Gasteiger charge is 2.15. The largest absolute Gasteiger partial charge is 0.381 e. The predicted molar refractivity (Wildman–Crippen MR) is 70.3 cm³/mol. The summed E-state index contributed by atoms with van der Waals surface area (Å²) in [5, 5.41) is 5.75. The van der Waals surface area contributed by atoms with Gasteiger partial charge in [0.25, 0.3) is 0 Å². The van der Waals surface area contributed by atoms with Gasteiger partial charge in [-0.2, -0.15) is 0 Å². The first kappa shape index (κ1) is 12.9. The molecular formula is C13H19N3O2. The maximum Gasteiger partial charge on any atom is 0.319 e. The Morgan fingerprint density at radius 2 is 1.94 bits per heavy atom. The number of ether oxygens (including phenoxy) is 1. The smallest absolute Gasteiger partial charge is 0.319 e. The molecular weight excluding hydrogens is 230 g/mol. The Kier molecular flexibility index (Phi) is 4.55. The Morgan fingerprint density at radius 1 is 1.28 bits per heavy atom. The number of carbonyl (C=O) groups excluding carboxylic acids is 1. The van der Waals surface area contributed by atoms with Gasteiger partial charge in [0.15, 0.2) is 0 Å². The van der Waals surface area contributed by atoms with E-state index in [1.54, 1.807) is 0 Å². The van der Waals surface area contributed by atoms with Gasteiger partial charge < -0.3 is 21.1 Å². The Bertz CT molecular complexity index is 386. The van der Waals surface area contributed by atoms with Crippen LogP contribution in [0.2, 0.25) is 0 Å². The molecule has 5 nitrogen and oxygen atoms in total. The molecule has 1 aliphatic heterocycles. The lowest BCUT2D eigenvalue weighted by molar-refractivity contribution is 0.0806. The van der Waals surface area contributed by atoms with Crippen LogP contribution in [-0.4, -0.2) is 25.3 Å². The summed E-state index contributed by atoms with van der Waals surface area (Å²) >= 11 is 0. The van der Waals surface area contributed by atoms with Crippen LogP contribution in [0.3, 0.4) is 0 Å². The minimum absolute atomic E-state index is 0.164. The molecule has 1 saturated heterocycles. The van der Waals surface area contributed by atoms with Crippen LogP contribution in [-0.2, 0) is 11.3 Å². The number of hydrogen-bond donors (Lipinski definition) is 3. The molecule has 1 heterocycles. The second-order valence-electron chi connectivity index (χ2n) is 4.39. The van der Waals surface area contributed by atoms with Crippen molar-refractivity contribution in [2.75, 3.05) is 18.5 Å². The minimum Gasteiger partial charge on any atom is -0.381 e. The Balaban J connectivity index is 1.82. The van der Waals surface area contributed by atoms with Crippen LogP contribution < -0.4 is 16.4 Å². The summed E-state index contributed by atoms with van der Waals surface area (Å²) < 4.78 is 5.24. The summed E-state index contributed by atoms with van der Waals surface area (Å²) in [6.07, 6.45) is 1.75. The fourth-order valence-corrected chi connectivity index (χ4v) is 1.92. The zero-order valence-corrected chi connectivity index (χ0v) is 10.3. The molecule has 18 heavy (non-hydrogen) atoms. The highest BCUT2D eigenvalue weighted by Crippen LogP contribution is 2.10. The average molecular weight is 249 g/mol. The summed E-state index contributed by atoms with van der Waals surface area (Å²) in [7, 11) is 0. The Morgan fingerprint density at radius 3 is 2.56 bits per heavy atom. The summed E-state index contributed by atoms with van der Waals surface area (Å²) in [5.41, 5.74) is 7.33. The monoisotopic (exact) mass is 249 g/mol. The third-order valence-corrected chi connectivity index (χ3v) is 3.00. The molecule has 1 aromatic rings. The van der Waals surface area contributed by atoms with E-state index in [0.29, 0.717) is 6.54 Å². The number of nitrogens with one attached hydrogen (secondary N) is 2. The topological polar surface area (TPSA) is 76.4 Å². The van der Waals surface area contributed by atoms with Crippen LogP contribution in [0.5, 0.6) is 0 Å². The summed E-state index contributed by atoms with van der Waals surface area (Å²) in [5.74, 6) is 0. The molecule has 1 aliphatic rings. The first-order valence-electron chi connectivity index (χ1n) is 6.22. The molecule has 1 aromatic carbocycles. The van der Waals surface area contributed by atoms with E-state index in [9.17, 15) is 4.79 Å². The summed E-state index contributed by atoms with van der Waals surface area (Å²) in [6.45, 7) is 1.95. The third kappa shape index (κ3) is 3.72. The van der Waals surface area contributed by atoms with E-state index in [0.717, 1.165) is 37.3 Å². The van der Waals surface area contributed by atoms with Gasteiger partial charge in [0.1, 0.15) is 0 Å². The Hall–Kier alpha value is -1.59. The lowest BCUT2D eigenvalue weighted by Gasteiger charge is -2.23. The molecule has 2 rings (SSSR count). The maximum atomic E-state index is 11.7. The van der Waals surface area contributed by atoms with Crippen molar-refractivity contribution >= 4 is 11.7 Å². The van der Waals surface area contributed by atoms with Gasteiger partial charge in [-0.25, -0.2) is 4.79 Å². The zero-order chi connectivity index (χ0) is 12.8. The molecule has 4 N–H and O–H groups in total. The second-order valence-corrected chi connectivity index (χ2v) is 4.39. The van der Waals surface area contributed by atoms with E-state index in [1.165, 1.54) is 0 Å². The van der Waals surface area contributed by atoms with Crippen molar-refractivity contribution in [3.8, 4) is 0 Å². The number of carbonyl (C=O) groups is 1. The minimum atomic E-state index is -0.164. The van der Waals surface area contributed by atoms with Crippen molar-refractivity contribution in [1.29, 1.82) is 0 Å². The molecule has 0 saturated carbocycles. The normalized spacial score (nSPS) is 16.3. The van der Waals surface area contributed by atoms with Gasteiger partial charge in [-0.15, -0.1) is 0 Å². The number of rotatable bonds is 3. The van der Waals surface area contributed by atoms with E-state index in [4.69, 9.17) is 10.5 Å². The van der Waals surface area contributed by atoms with Crippen LogP contribution in [0, 0.1) is 0 Å². The molecule has 0 bridgehead atoms. The second kappa shape index (κ2) is 6.37. The molecule has 0 unspecified atom stereocenters. The molecule has 98 valence electrons. The van der Waals surface area contributed by atoms with Crippen LogP contribution in [0.1, 0.15) is 18.4 Å². The van der Waals surface area contributed by atoms with E-state index in [1.807, 2.05) is 24.3 Å². The lowest BCUT2D eigenvalue weighted by Crippen LogP contribution is -2.41. The van der Waals surface area contributed by atoms with Gasteiger partial charge in [0.05, 0.1) is 0 Å². The predicted octanol–water partition coefficient (Wildman–Crippen LogP) is 1.45. The number of nitrogens with two attached hydrogens (primary N) is 1. The quantitative estimate of drug-likeness (QED) is 0.758. The first-order chi connectivity index (χ1) is 8.78. The Labute approximate surface area is 107 Å². The van der Waals surface area contributed by atoms with Crippen LogP contribution in [0.25, 0.3) is 0 Å². The number of anilines is 1. The SMILES string of the molecule is NCc1ccc(NC(=O)NC2CCOCC2)cc1. The molecule has 0 spiro atoms. The van der Waals surface area contributed by atoms with E-state index in [2.05, 4.69) is 10.6 Å². The highest BCUT2D eigenvalue weighted by atomic mass is 16.5. The summed E-state index contributed by atoms with van der Waals surface area (Å²) in [6, 6.07) is 7.57. The molecule has 2 amide bonds. The van der Waals surface area contributed by atoms with Crippen molar-refractivity contribution in [1.82, 2.24) is 5.32 Å². The molecule has 0 atom stereocenters. The van der Waals surface area contributed by atoms with E-state index in [-0.39, 0.29) is 12.1 Å². The van der Waals surface area contributed by atoms with Crippen LogP contribution >= 0.6 is 0 Å².